The molecule has 0 aliphatic rings. The third-order valence-electron chi connectivity index (χ3n) is 3.58. The molecule has 0 radical (unpaired) electrons. The molecule has 94 valence electrons. The molecule has 3 rings (SSSR count). The van der Waals surface area contributed by atoms with Crippen molar-refractivity contribution in [2.45, 2.75) is 13.0 Å². The van der Waals surface area contributed by atoms with Crippen LogP contribution in [-0.2, 0) is 0 Å². The summed E-state index contributed by atoms with van der Waals surface area (Å²) in [7, 11) is 0. The van der Waals surface area contributed by atoms with E-state index in [1.54, 1.807) is 0 Å². The molecule has 0 fully saturated rings. The smallest absolute Gasteiger partial charge is 0.0560 e. The zero-order valence-electron chi connectivity index (χ0n) is 10.9. The first-order valence-corrected chi connectivity index (χ1v) is 6.41. The van der Waals surface area contributed by atoms with Gasteiger partial charge in [0.05, 0.1) is 6.04 Å². The van der Waals surface area contributed by atoms with Crippen LogP contribution in [0, 0.1) is 6.92 Å². The maximum absolute atomic E-state index is 6.46. The van der Waals surface area contributed by atoms with Crippen LogP contribution in [0.3, 0.4) is 0 Å². The molecule has 1 heterocycles. The summed E-state index contributed by atoms with van der Waals surface area (Å²) >= 11 is 0. The maximum Gasteiger partial charge on any atom is 0.0560 e. The molecule has 0 bridgehead atoms. The van der Waals surface area contributed by atoms with Crippen LogP contribution in [-0.4, -0.2) is 4.98 Å². The second kappa shape index (κ2) is 4.82. The summed E-state index contributed by atoms with van der Waals surface area (Å²) in [6.07, 6.45) is 3.70. The van der Waals surface area contributed by atoms with Crippen molar-refractivity contribution in [1.82, 2.24) is 4.98 Å². The van der Waals surface area contributed by atoms with E-state index in [9.17, 15) is 0 Å². The minimum atomic E-state index is -0.117. The molecule has 19 heavy (non-hydrogen) atoms. The van der Waals surface area contributed by atoms with Gasteiger partial charge in [-0.05, 0) is 35.1 Å². The fourth-order valence-corrected chi connectivity index (χ4v) is 2.51. The highest BCUT2D eigenvalue weighted by molar-refractivity contribution is 5.85. The molecule has 0 saturated heterocycles. The largest absolute Gasteiger partial charge is 0.320 e. The lowest BCUT2D eigenvalue weighted by Crippen LogP contribution is -2.13. The van der Waals surface area contributed by atoms with Crippen molar-refractivity contribution in [3.63, 3.8) is 0 Å². The van der Waals surface area contributed by atoms with Crippen molar-refractivity contribution in [2.75, 3.05) is 0 Å². The lowest BCUT2D eigenvalue weighted by atomic mass is 9.93. The molecule has 2 N–H and O–H groups in total. The summed E-state index contributed by atoms with van der Waals surface area (Å²) in [6, 6.07) is 16.4. The van der Waals surface area contributed by atoms with Gasteiger partial charge in [-0.15, -0.1) is 0 Å². The average molecular weight is 248 g/mol. The van der Waals surface area contributed by atoms with Crippen molar-refractivity contribution in [1.29, 1.82) is 0 Å². The van der Waals surface area contributed by atoms with Gasteiger partial charge < -0.3 is 5.73 Å². The summed E-state index contributed by atoms with van der Waals surface area (Å²) in [5.41, 5.74) is 9.96. The van der Waals surface area contributed by atoms with E-state index in [2.05, 4.69) is 42.2 Å². The number of rotatable bonds is 2. The van der Waals surface area contributed by atoms with Gasteiger partial charge in [0, 0.05) is 17.8 Å². The van der Waals surface area contributed by atoms with Gasteiger partial charge in [-0.2, -0.15) is 0 Å². The minimum Gasteiger partial charge on any atom is -0.320 e. The first kappa shape index (κ1) is 11.9. The number of aromatic nitrogens is 1. The fourth-order valence-electron chi connectivity index (χ4n) is 2.51. The lowest BCUT2D eigenvalue weighted by Gasteiger charge is -2.17. The van der Waals surface area contributed by atoms with Gasteiger partial charge in [0.2, 0.25) is 0 Å². The highest BCUT2D eigenvalue weighted by Gasteiger charge is 2.13. The molecule has 1 aromatic heterocycles. The Morgan fingerprint density at radius 1 is 0.947 bits per heavy atom. The topological polar surface area (TPSA) is 38.9 Å². The summed E-state index contributed by atoms with van der Waals surface area (Å²) in [4.78, 5) is 4.22. The van der Waals surface area contributed by atoms with Gasteiger partial charge in [0.1, 0.15) is 0 Å². The predicted octanol–water partition coefficient (Wildman–Crippen LogP) is 3.59. The molecule has 0 saturated carbocycles. The molecular formula is C17H16N2. The second-order valence-electron chi connectivity index (χ2n) is 4.78. The molecule has 0 aliphatic heterocycles. The number of hydrogen-bond donors (Lipinski definition) is 1. The van der Waals surface area contributed by atoms with Crippen LogP contribution in [0.4, 0.5) is 0 Å². The standard InChI is InChI=1S/C17H16N2/c1-12-5-2-3-7-14(12)17(18)15-8-4-6-13-9-10-19-11-16(13)15/h2-11,17H,18H2,1H3. The quantitative estimate of drug-likeness (QED) is 0.752. The number of nitrogens with zero attached hydrogens (tertiary/aromatic N) is 1. The van der Waals surface area contributed by atoms with Crippen LogP contribution in [0.5, 0.6) is 0 Å². The molecule has 0 spiro atoms. The molecule has 0 amide bonds. The van der Waals surface area contributed by atoms with Gasteiger partial charge in [-0.25, -0.2) is 0 Å². The predicted molar refractivity (Wildman–Crippen MR) is 79.0 cm³/mol. The van der Waals surface area contributed by atoms with E-state index in [0.717, 1.165) is 10.9 Å². The molecule has 2 aromatic carbocycles. The lowest BCUT2D eigenvalue weighted by molar-refractivity contribution is 0.870. The van der Waals surface area contributed by atoms with E-state index in [1.165, 1.54) is 16.5 Å². The summed E-state index contributed by atoms with van der Waals surface area (Å²) in [5, 5.41) is 2.30. The molecule has 3 aromatic rings. The van der Waals surface area contributed by atoms with E-state index in [1.807, 2.05) is 30.6 Å². The Labute approximate surface area is 112 Å². The monoisotopic (exact) mass is 248 g/mol. The van der Waals surface area contributed by atoms with Gasteiger partial charge in [0.25, 0.3) is 0 Å². The molecule has 2 nitrogen and oxygen atoms in total. The third-order valence-corrected chi connectivity index (χ3v) is 3.58. The Kier molecular flexibility index (Phi) is 3.02. The number of aryl methyl sites for hydroxylation is 1. The number of pyridine rings is 1. The number of hydrogen-bond acceptors (Lipinski definition) is 2. The Morgan fingerprint density at radius 2 is 1.74 bits per heavy atom. The van der Waals surface area contributed by atoms with Crippen LogP contribution in [0.2, 0.25) is 0 Å². The van der Waals surface area contributed by atoms with E-state index in [4.69, 9.17) is 5.73 Å². The SMILES string of the molecule is Cc1ccccc1C(N)c1cccc2ccncc12. The zero-order chi connectivity index (χ0) is 13.2. The van der Waals surface area contributed by atoms with Crippen molar-refractivity contribution < 1.29 is 0 Å². The van der Waals surface area contributed by atoms with Gasteiger partial charge >= 0.3 is 0 Å². The van der Waals surface area contributed by atoms with E-state index >= 15 is 0 Å². The van der Waals surface area contributed by atoms with Crippen LogP contribution < -0.4 is 5.73 Å². The first-order valence-electron chi connectivity index (χ1n) is 6.41. The maximum atomic E-state index is 6.46. The third kappa shape index (κ3) is 2.11. The second-order valence-corrected chi connectivity index (χ2v) is 4.78. The van der Waals surface area contributed by atoms with Crippen molar-refractivity contribution in [3.05, 3.63) is 77.6 Å². The van der Waals surface area contributed by atoms with Crippen LogP contribution in [0.15, 0.2) is 60.9 Å². The fraction of sp³-hybridized carbons (Fsp3) is 0.118. The molecular weight excluding hydrogens is 232 g/mol. The molecule has 1 atom stereocenters. The highest BCUT2D eigenvalue weighted by atomic mass is 14.7. The van der Waals surface area contributed by atoms with Crippen LogP contribution >= 0.6 is 0 Å². The van der Waals surface area contributed by atoms with Gasteiger partial charge in [-0.3, -0.25) is 4.98 Å². The van der Waals surface area contributed by atoms with E-state index in [0.29, 0.717) is 0 Å². The number of fused-ring (bicyclic) bond motifs is 1. The van der Waals surface area contributed by atoms with E-state index < -0.39 is 0 Å². The Balaban J connectivity index is 2.17. The number of benzene rings is 2. The van der Waals surface area contributed by atoms with Crippen LogP contribution in [0.1, 0.15) is 22.7 Å². The average Bonchev–Trinajstić information content (AvgIpc) is 2.46. The summed E-state index contributed by atoms with van der Waals surface area (Å²) in [5.74, 6) is 0. The molecule has 0 aliphatic carbocycles. The normalized spacial score (nSPS) is 12.5. The zero-order valence-corrected chi connectivity index (χ0v) is 10.9. The minimum absolute atomic E-state index is 0.117. The Bertz CT molecular complexity index is 714. The Morgan fingerprint density at radius 3 is 2.58 bits per heavy atom. The molecule has 2 heteroatoms. The first-order chi connectivity index (χ1) is 9.27. The van der Waals surface area contributed by atoms with Gasteiger partial charge in [-0.1, -0.05) is 42.5 Å². The van der Waals surface area contributed by atoms with Gasteiger partial charge in [0.15, 0.2) is 0 Å². The molecule has 1 unspecified atom stereocenters. The van der Waals surface area contributed by atoms with Crippen molar-refractivity contribution in [3.8, 4) is 0 Å². The van der Waals surface area contributed by atoms with Crippen molar-refractivity contribution >= 4 is 10.8 Å². The Hall–Kier alpha value is -2.19. The number of nitrogens with two attached hydrogens (primary N) is 1. The summed E-state index contributed by atoms with van der Waals surface area (Å²) < 4.78 is 0. The summed E-state index contributed by atoms with van der Waals surface area (Å²) in [6.45, 7) is 2.10. The van der Waals surface area contributed by atoms with E-state index in [-0.39, 0.29) is 6.04 Å². The van der Waals surface area contributed by atoms with Crippen LogP contribution in [0.25, 0.3) is 10.8 Å². The highest BCUT2D eigenvalue weighted by Crippen LogP contribution is 2.28. The van der Waals surface area contributed by atoms with Crippen molar-refractivity contribution in [2.24, 2.45) is 5.73 Å².